The maximum atomic E-state index is 12.8. The van der Waals surface area contributed by atoms with Gasteiger partial charge in [0.05, 0.1) is 7.11 Å². The van der Waals surface area contributed by atoms with Crippen LogP contribution < -0.4 is 9.47 Å². The van der Waals surface area contributed by atoms with E-state index < -0.39 is 5.78 Å². The van der Waals surface area contributed by atoms with Gasteiger partial charge in [-0.15, -0.1) is 0 Å². The lowest BCUT2D eigenvalue weighted by atomic mass is 10.0. The lowest BCUT2D eigenvalue weighted by Crippen LogP contribution is -1.98. The molecule has 2 aromatic heterocycles. The Morgan fingerprint density at radius 2 is 1.90 bits per heavy atom. The second-order valence-electron chi connectivity index (χ2n) is 7.26. The summed E-state index contributed by atoms with van der Waals surface area (Å²) in [7, 11) is 3.50. The van der Waals surface area contributed by atoms with Crippen LogP contribution in [-0.4, -0.2) is 32.7 Å². The molecule has 0 atom stereocenters. The van der Waals surface area contributed by atoms with Crippen LogP contribution >= 0.6 is 0 Å². The van der Waals surface area contributed by atoms with E-state index in [-0.39, 0.29) is 28.6 Å². The lowest BCUT2D eigenvalue weighted by molar-refractivity contribution is 0.101. The Morgan fingerprint density at radius 3 is 2.65 bits per heavy atom. The van der Waals surface area contributed by atoms with E-state index in [1.807, 2.05) is 48.1 Å². The number of nitrogens with zero attached hydrogens (tertiary/aromatic N) is 2. The van der Waals surface area contributed by atoms with Crippen molar-refractivity contribution in [1.29, 1.82) is 0 Å². The number of aromatic hydroxyl groups is 2. The molecule has 0 bridgehead atoms. The first-order valence-electron chi connectivity index (χ1n) is 9.55. The third-order valence-electron chi connectivity index (χ3n) is 5.31. The van der Waals surface area contributed by atoms with Crippen LogP contribution in [-0.2, 0) is 7.05 Å². The van der Waals surface area contributed by atoms with Crippen molar-refractivity contribution in [1.82, 2.24) is 9.55 Å². The zero-order valence-electron chi connectivity index (χ0n) is 16.8. The number of pyridine rings is 1. The SMILES string of the molecule is COc1ccc(-c2ccnc3c2c(C=C2Oc4cc(O)cc(O)c4C2=O)cn3C)cc1. The van der Waals surface area contributed by atoms with Crippen LogP contribution in [0.25, 0.3) is 28.2 Å². The van der Waals surface area contributed by atoms with Gasteiger partial charge >= 0.3 is 0 Å². The number of hydrogen-bond acceptors (Lipinski definition) is 6. The molecule has 5 rings (SSSR count). The quantitative estimate of drug-likeness (QED) is 0.486. The predicted octanol–water partition coefficient (Wildman–Crippen LogP) is 4.28. The highest BCUT2D eigenvalue weighted by atomic mass is 16.5. The lowest BCUT2D eigenvalue weighted by Gasteiger charge is -2.07. The third-order valence-corrected chi connectivity index (χ3v) is 5.31. The molecule has 0 fully saturated rings. The van der Waals surface area contributed by atoms with E-state index >= 15 is 0 Å². The first-order valence-corrected chi connectivity index (χ1v) is 9.55. The Labute approximate surface area is 177 Å². The Balaban J connectivity index is 1.66. The summed E-state index contributed by atoms with van der Waals surface area (Å²) in [4.78, 5) is 17.3. The number of hydrogen-bond donors (Lipinski definition) is 2. The molecular formula is C24H18N2O5. The van der Waals surface area contributed by atoms with Crippen molar-refractivity contribution in [3.63, 3.8) is 0 Å². The standard InChI is InChI=1S/C24H18N2O5/c1-26-12-14(9-20-23(29)22-18(28)10-15(27)11-19(22)31-20)21-17(7-8-25-24(21)26)13-3-5-16(30-2)6-4-13/h3-12,27-28H,1-2H3. The molecule has 31 heavy (non-hydrogen) atoms. The smallest absolute Gasteiger partial charge is 0.235 e. The van der Waals surface area contributed by atoms with Gasteiger partial charge < -0.3 is 24.3 Å². The number of aromatic nitrogens is 2. The number of rotatable bonds is 3. The van der Waals surface area contributed by atoms with Gasteiger partial charge in [0.25, 0.3) is 0 Å². The molecule has 0 spiro atoms. The van der Waals surface area contributed by atoms with E-state index in [9.17, 15) is 15.0 Å². The van der Waals surface area contributed by atoms with Gasteiger partial charge in [-0.3, -0.25) is 4.79 Å². The van der Waals surface area contributed by atoms with Gasteiger partial charge in [-0.2, -0.15) is 0 Å². The normalized spacial score (nSPS) is 14.1. The molecule has 0 unspecified atom stereocenters. The fourth-order valence-corrected chi connectivity index (χ4v) is 3.88. The minimum absolute atomic E-state index is 0.0396. The van der Waals surface area contributed by atoms with Crippen molar-refractivity contribution in [2.24, 2.45) is 7.05 Å². The highest BCUT2D eigenvalue weighted by Crippen LogP contribution is 2.41. The molecule has 0 amide bonds. The van der Waals surface area contributed by atoms with Crippen LogP contribution in [0.4, 0.5) is 0 Å². The molecule has 0 aliphatic carbocycles. The van der Waals surface area contributed by atoms with Gasteiger partial charge in [0.1, 0.15) is 34.2 Å². The molecule has 2 aromatic carbocycles. The molecule has 1 aliphatic rings. The van der Waals surface area contributed by atoms with Gasteiger partial charge in [0, 0.05) is 42.5 Å². The third kappa shape index (κ3) is 2.98. The molecule has 154 valence electrons. The highest BCUT2D eigenvalue weighted by molar-refractivity contribution is 6.17. The van der Waals surface area contributed by atoms with E-state index in [2.05, 4.69) is 4.98 Å². The number of aryl methyl sites for hydroxylation is 1. The number of phenolic OH excluding ortho intramolecular Hbond substituents is 2. The minimum Gasteiger partial charge on any atom is -0.508 e. The summed E-state index contributed by atoms with van der Waals surface area (Å²) >= 11 is 0. The van der Waals surface area contributed by atoms with E-state index in [1.165, 1.54) is 6.07 Å². The monoisotopic (exact) mass is 414 g/mol. The molecule has 1 aliphatic heterocycles. The first kappa shape index (κ1) is 18.7. The minimum atomic E-state index is -0.445. The van der Waals surface area contributed by atoms with Gasteiger partial charge in [-0.1, -0.05) is 12.1 Å². The average molecular weight is 414 g/mol. The van der Waals surface area contributed by atoms with Gasteiger partial charge in [-0.05, 0) is 35.4 Å². The van der Waals surface area contributed by atoms with E-state index in [4.69, 9.17) is 9.47 Å². The summed E-state index contributed by atoms with van der Waals surface area (Å²) in [6.45, 7) is 0. The molecule has 7 heteroatoms. The summed E-state index contributed by atoms with van der Waals surface area (Å²) < 4.78 is 12.8. The molecule has 3 heterocycles. The summed E-state index contributed by atoms with van der Waals surface area (Å²) in [5, 5.41) is 20.6. The van der Waals surface area contributed by atoms with E-state index in [0.29, 0.717) is 0 Å². The van der Waals surface area contributed by atoms with E-state index in [0.717, 1.165) is 39.5 Å². The van der Waals surface area contributed by atoms with Gasteiger partial charge in [0.15, 0.2) is 5.76 Å². The topological polar surface area (TPSA) is 93.8 Å². The fraction of sp³-hybridized carbons (Fsp3) is 0.0833. The van der Waals surface area contributed by atoms with Crippen molar-refractivity contribution in [2.75, 3.05) is 7.11 Å². The number of phenols is 2. The maximum Gasteiger partial charge on any atom is 0.235 e. The molecule has 7 nitrogen and oxygen atoms in total. The highest BCUT2D eigenvalue weighted by Gasteiger charge is 2.31. The average Bonchev–Trinajstić information content (AvgIpc) is 3.25. The molecule has 0 saturated carbocycles. The number of allylic oxidation sites excluding steroid dienone is 1. The fourth-order valence-electron chi connectivity index (χ4n) is 3.88. The van der Waals surface area contributed by atoms with Crippen LogP contribution in [0.3, 0.4) is 0 Å². The number of methoxy groups -OCH3 is 1. The summed E-state index contributed by atoms with van der Waals surface area (Å²) in [6.07, 6.45) is 5.25. The summed E-state index contributed by atoms with van der Waals surface area (Å²) in [5.74, 6) is 0.00778. The summed E-state index contributed by atoms with van der Waals surface area (Å²) in [6, 6.07) is 12.0. The Bertz CT molecular complexity index is 1380. The van der Waals surface area contributed by atoms with Crippen molar-refractivity contribution < 1.29 is 24.5 Å². The second kappa shape index (κ2) is 6.91. The largest absolute Gasteiger partial charge is 0.508 e. The maximum absolute atomic E-state index is 12.8. The number of carbonyl (C=O) groups excluding carboxylic acids is 1. The number of fused-ring (bicyclic) bond motifs is 2. The molecular weight excluding hydrogens is 396 g/mol. The predicted molar refractivity (Wildman–Crippen MR) is 115 cm³/mol. The first-order chi connectivity index (χ1) is 15.0. The zero-order valence-corrected chi connectivity index (χ0v) is 16.8. The number of benzene rings is 2. The van der Waals surface area contributed by atoms with Gasteiger partial charge in [-0.25, -0.2) is 4.98 Å². The van der Waals surface area contributed by atoms with Crippen LogP contribution in [0.1, 0.15) is 15.9 Å². The molecule has 2 N–H and O–H groups in total. The van der Waals surface area contributed by atoms with Crippen molar-refractivity contribution in [3.05, 3.63) is 71.7 Å². The van der Waals surface area contributed by atoms with Gasteiger partial charge in [0.2, 0.25) is 5.78 Å². The van der Waals surface area contributed by atoms with Crippen LogP contribution in [0.15, 0.2) is 60.6 Å². The van der Waals surface area contributed by atoms with Crippen molar-refractivity contribution in [2.45, 2.75) is 0 Å². The zero-order chi connectivity index (χ0) is 21.7. The Morgan fingerprint density at radius 1 is 1.13 bits per heavy atom. The number of Topliss-reactive ketones (excluding diaryl/α,β-unsaturated/α-hetero) is 1. The Hall–Kier alpha value is -4.26. The summed E-state index contributed by atoms with van der Waals surface area (Å²) in [5.41, 5.74) is 3.46. The van der Waals surface area contributed by atoms with Crippen molar-refractivity contribution in [3.8, 4) is 34.1 Å². The van der Waals surface area contributed by atoms with Crippen molar-refractivity contribution >= 4 is 22.9 Å². The second-order valence-corrected chi connectivity index (χ2v) is 7.26. The number of carbonyl (C=O) groups is 1. The number of ketones is 1. The molecule has 0 radical (unpaired) electrons. The molecule has 0 saturated heterocycles. The van der Waals surface area contributed by atoms with Crippen LogP contribution in [0, 0.1) is 0 Å². The van der Waals surface area contributed by atoms with Crippen LogP contribution in [0.5, 0.6) is 23.0 Å². The molecule has 4 aromatic rings. The Kier molecular flexibility index (Phi) is 4.18. The number of ether oxygens (including phenoxy) is 2. The van der Waals surface area contributed by atoms with Crippen LogP contribution in [0.2, 0.25) is 0 Å². The van der Waals surface area contributed by atoms with E-state index in [1.54, 1.807) is 19.4 Å².